The maximum Gasteiger partial charge on any atom is 0.305 e. The summed E-state index contributed by atoms with van der Waals surface area (Å²) in [5.74, 6) is 2.71. The molecule has 5 heterocycles. The van der Waals surface area contributed by atoms with E-state index in [9.17, 15) is 15.0 Å². The number of hydrogen-bond donors (Lipinski definition) is 3. The number of nitrogens with one attached hydrogen (secondary N) is 1. The molecule has 1 saturated heterocycles. The van der Waals surface area contributed by atoms with Crippen molar-refractivity contribution in [3.05, 3.63) is 91.0 Å². The van der Waals surface area contributed by atoms with Gasteiger partial charge in [-0.1, -0.05) is 19.8 Å². The minimum atomic E-state index is -0.282. The molecule has 3 N–H and O–H groups in total. The molecule has 0 saturated carbocycles. The Morgan fingerprint density at radius 1 is 1.07 bits per heavy atom. The predicted molar refractivity (Wildman–Crippen MR) is 168 cm³/mol. The molecule has 0 radical (unpaired) electrons. The summed E-state index contributed by atoms with van der Waals surface area (Å²) in [6.45, 7) is 9.98. The summed E-state index contributed by atoms with van der Waals surface area (Å²) in [4.78, 5) is 27.3. The summed E-state index contributed by atoms with van der Waals surface area (Å²) in [6, 6.07) is 0. The number of allylic oxidation sites excluding steroid dienone is 11. The van der Waals surface area contributed by atoms with E-state index in [1.807, 2.05) is 26.0 Å². The molecule has 8 heteroatoms. The third-order valence-corrected chi connectivity index (χ3v) is 9.50. The molecule has 8 nitrogen and oxygen atoms in total. The van der Waals surface area contributed by atoms with Crippen LogP contribution in [-0.2, 0) is 9.53 Å². The van der Waals surface area contributed by atoms with Crippen LogP contribution in [0.15, 0.2) is 106 Å². The van der Waals surface area contributed by atoms with Gasteiger partial charge >= 0.3 is 5.97 Å². The SMILES string of the molecule is C#CC1=C2NC(=C3CC(O)=C4C3=NC(=C4C)C=C3N=C(C=C4N=C1C(C)=C4CO)C(C)=C3CC)[C@@H](CCC(=O)OC)[C@@H]2C. The average molecular weight is 577 g/mol. The summed E-state index contributed by atoms with van der Waals surface area (Å²) >= 11 is 0. The van der Waals surface area contributed by atoms with E-state index in [2.05, 4.69) is 32.0 Å². The van der Waals surface area contributed by atoms with Gasteiger partial charge in [0.2, 0.25) is 0 Å². The van der Waals surface area contributed by atoms with E-state index in [0.29, 0.717) is 35.4 Å². The Bertz CT molecular complexity index is 1790. The zero-order chi connectivity index (χ0) is 30.7. The number of hydrogen-bond acceptors (Lipinski definition) is 8. The molecule has 1 aliphatic carbocycles. The molecule has 0 spiro atoms. The molecule has 6 aliphatic rings. The van der Waals surface area contributed by atoms with Crippen LogP contribution >= 0.6 is 0 Å². The fraction of sp³-hybridized carbons (Fsp3) is 0.371. The van der Waals surface area contributed by atoms with E-state index >= 15 is 0 Å². The first-order valence-electron chi connectivity index (χ1n) is 14.8. The van der Waals surface area contributed by atoms with Gasteiger partial charge in [0.05, 0.1) is 53.5 Å². The molecule has 43 heavy (non-hydrogen) atoms. The Balaban J connectivity index is 1.65. The van der Waals surface area contributed by atoms with Crippen LogP contribution in [0.5, 0.6) is 0 Å². The molecular weight excluding hydrogens is 540 g/mol. The number of carbonyl (C=O) groups excluding carboxylic acids is 1. The van der Waals surface area contributed by atoms with Gasteiger partial charge in [0.15, 0.2) is 0 Å². The summed E-state index contributed by atoms with van der Waals surface area (Å²) in [5, 5.41) is 25.3. The Kier molecular flexibility index (Phi) is 7.10. The second-order valence-electron chi connectivity index (χ2n) is 11.7. The first-order chi connectivity index (χ1) is 20.6. The molecule has 0 amide bonds. The number of aliphatic hydroxyl groups is 2. The number of aliphatic imine (C=N–C) groups is 3. The number of ether oxygens (including phenoxy) is 1. The van der Waals surface area contributed by atoms with Crippen molar-refractivity contribution < 1.29 is 19.7 Å². The second-order valence-corrected chi connectivity index (χ2v) is 11.7. The minimum Gasteiger partial charge on any atom is -0.511 e. The molecule has 6 rings (SSSR count). The first kappa shape index (κ1) is 28.6. The van der Waals surface area contributed by atoms with E-state index in [4.69, 9.17) is 26.1 Å². The third kappa shape index (κ3) is 4.33. The van der Waals surface area contributed by atoms with Crippen LogP contribution in [0.2, 0.25) is 0 Å². The van der Waals surface area contributed by atoms with Gasteiger partial charge in [0.25, 0.3) is 0 Å². The summed E-state index contributed by atoms with van der Waals surface area (Å²) in [7, 11) is 1.39. The zero-order valence-corrected chi connectivity index (χ0v) is 25.5. The highest BCUT2D eigenvalue weighted by Gasteiger charge is 2.42. The lowest BCUT2D eigenvalue weighted by atomic mass is 9.85. The fourth-order valence-corrected chi connectivity index (χ4v) is 7.04. The number of terminal acetylenes is 1. The van der Waals surface area contributed by atoms with E-state index in [0.717, 1.165) is 74.1 Å². The number of rotatable bonds is 5. The van der Waals surface area contributed by atoms with Crippen LogP contribution < -0.4 is 5.32 Å². The molecular formula is C35H36N4O4. The van der Waals surface area contributed by atoms with Crippen LogP contribution in [0, 0.1) is 24.2 Å². The smallest absolute Gasteiger partial charge is 0.305 e. The van der Waals surface area contributed by atoms with Gasteiger partial charge in [0, 0.05) is 52.8 Å². The quantitative estimate of drug-likeness (QED) is 0.291. The lowest BCUT2D eigenvalue weighted by Gasteiger charge is -2.17. The van der Waals surface area contributed by atoms with Crippen molar-refractivity contribution in [3.8, 4) is 12.3 Å². The highest BCUT2D eigenvalue weighted by molar-refractivity contribution is 6.22. The lowest BCUT2D eigenvalue weighted by Crippen LogP contribution is -2.16. The van der Waals surface area contributed by atoms with Gasteiger partial charge in [-0.15, -0.1) is 6.42 Å². The number of methoxy groups -OCH3 is 1. The van der Waals surface area contributed by atoms with Crippen LogP contribution in [0.1, 0.15) is 60.3 Å². The van der Waals surface area contributed by atoms with Crippen LogP contribution in [0.3, 0.4) is 0 Å². The van der Waals surface area contributed by atoms with Gasteiger partial charge < -0.3 is 20.3 Å². The highest BCUT2D eigenvalue weighted by atomic mass is 16.5. The van der Waals surface area contributed by atoms with Crippen molar-refractivity contribution >= 4 is 23.1 Å². The number of nitrogens with zero attached hydrogens (tertiary/aromatic N) is 3. The molecule has 0 aromatic rings. The monoisotopic (exact) mass is 576 g/mol. The Labute approximate surface area is 252 Å². The zero-order valence-electron chi connectivity index (χ0n) is 25.5. The standard InChI is InChI=1S/C35H36N4O4/c1-8-20-16(3)25-13-28-24(15-40)18(5)32(38-28)21(9-2)33-17(4)22(10-11-30(42)43-7)34(39-33)23-12-29(41)31-19(6)26(37-35(23)31)14-27(20)36-25/h2,13-14,17,22,39-41H,8,10-12,15H2,1,3-7H3/t17-,22-/m0/s1. The second kappa shape index (κ2) is 10.7. The normalized spacial score (nSPS) is 24.5. The van der Waals surface area contributed by atoms with Crippen molar-refractivity contribution in [2.24, 2.45) is 26.8 Å². The van der Waals surface area contributed by atoms with Gasteiger partial charge in [-0.05, 0) is 68.1 Å². The number of carbonyl (C=O) groups is 1. The number of esters is 1. The van der Waals surface area contributed by atoms with Gasteiger partial charge in [-0.3, -0.25) is 4.79 Å². The highest BCUT2D eigenvalue weighted by Crippen LogP contribution is 2.47. The number of fused-ring (bicyclic) bond motifs is 5. The maximum absolute atomic E-state index is 12.2. The molecule has 0 aromatic carbocycles. The van der Waals surface area contributed by atoms with Crippen molar-refractivity contribution in [2.75, 3.05) is 13.7 Å². The molecule has 8 bridgehead atoms. The maximum atomic E-state index is 12.2. The van der Waals surface area contributed by atoms with Crippen molar-refractivity contribution in [2.45, 2.75) is 60.3 Å². The molecule has 2 atom stereocenters. The third-order valence-electron chi connectivity index (χ3n) is 9.50. The van der Waals surface area contributed by atoms with E-state index in [1.165, 1.54) is 7.11 Å². The van der Waals surface area contributed by atoms with Gasteiger partial charge in [-0.25, -0.2) is 15.0 Å². The van der Waals surface area contributed by atoms with Crippen molar-refractivity contribution in [3.63, 3.8) is 0 Å². The van der Waals surface area contributed by atoms with Crippen LogP contribution in [0.4, 0.5) is 0 Å². The van der Waals surface area contributed by atoms with Gasteiger partial charge in [-0.2, -0.15) is 0 Å². The Morgan fingerprint density at radius 2 is 1.81 bits per heavy atom. The van der Waals surface area contributed by atoms with Gasteiger partial charge in [0.1, 0.15) is 5.76 Å². The number of aliphatic hydroxyl groups excluding tert-OH is 2. The van der Waals surface area contributed by atoms with Crippen LogP contribution in [-0.4, -0.2) is 47.0 Å². The molecule has 0 aromatic heterocycles. The van der Waals surface area contributed by atoms with Crippen LogP contribution in [0.25, 0.3) is 0 Å². The molecule has 0 unspecified atom stereocenters. The minimum absolute atomic E-state index is 0.0866. The Morgan fingerprint density at radius 3 is 2.49 bits per heavy atom. The molecule has 220 valence electrons. The fourth-order valence-electron chi connectivity index (χ4n) is 7.04. The first-order valence-corrected chi connectivity index (χ1v) is 14.8. The van der Waals surface area contributed by atoms with Crippen molar-refractivity contribution in [1.29, 1.82) is 0 Å². The summed E-state index contributed by atoms with van der Waals surface area (Å²) in [6.07, 6.45) is 12.0. The Hall–Kier alpha value is -4.48. The summed E-state index contributed by atoms with van der Waals surface area (Å²) < 4.78 is 4.97. The average Bonchev–Trinajstić information content (AvgIpc) is 3.74. The summed E-state index contributed by atoms with van der Waals surface area (Å²) in [5.41, 5.74) is 13.0. The van der Waals surface area contributed by atoms with E-state index in [-0.39, 0.29) is 36.6 Å². The topological polar surface area (TPSA) is 116 Å². The van der Waals surface area contributed by atoms with E-state index < -0.39 is 0 Å². The van der Waals surface area contributed by atoms with E-state index in [1.54, 1.807) is 0 Å². The predicted octanol–water partition coefficient (Wildman–Crippen LogP) is 5.61. The molecule has 1 fully saturated rings. The molecule has 5 aliphatic heterocycles. The lowest BCUT2D eigenvalue weighted by molar-refractivity contribution is -0.140. The largest absolute Gasteiger partial charge is 0.511 e. The van der Waals surface area contributed by atoms with Crippen molar-refractivity contribution in [1.82, 2.24) is 5.32 Å².